The zero-order valence-electron chi connectivity index (χ0n) is 17.3. The number of nitriles is 1. The van der Waals surface area contributed by atoms with Crippen LogP contribution in [0, 0.1) is 22.6 Å². The average Bonchev–Trinajstić information content (AvgIpc) is 3.08. The van der Waals surface area contributed by atoms with Crippen molar-refractivity contribution in [2.75, 3.05) is 0 Å². The van der Waals surface area contributed by atoms with Gasteiger partial charge in [-0.15, -0.1) is 0 Å². The molecule has 6 nitrogen and oxygen atoms in total. The van der Waals surface area contributed by atoms with Gasteiger partial charge in [0.1, 0.15) is 28.6 Å². The molecule has 3 N–H and O–H groups in total. The molecule has 0 aliphatic carbocycles. The lowest BCUT2D eigenvalue weighted by atomic mass is 9.72. The fourth-order valence-corrected chi connectivity index (χ4v) is 4.00. The van der Waals surface area contributed by atoms with Gasteiger partial charge >= 0.3 is 6.09 Å². The lowest BCUT2D eigenvalue weighted by molar-refractivity contribution is 0.176. The number of aromatic nitrogens is 2. The van der Waals surface area contributed by atoms with E-state index in [-0.39, 0.29) is 27.7 Å². The molecular formula is C23H22ClFN4O2. The van der Waals surface area contributed by atoms with Crippen molar-refractivity contribution in [3.05, 3.63) is 76.5 Å². The summed E-state index contributed by atoms with van der Waals surface area (Å²) in [5.74, 6) is -0.647. The smallest absolute Gasteiger partial charge is 0.405 e. The molecule has 0 bridgehead atoms. The van der Waals surface area contributed by atoms with E-state index in [1.807, 2.05) is 51.1 Å². The molecule has 2 atom stereocenters. The van der Waals surface area contributed by atoms with E-state index in [0.717, 1.165) is 5.56 Å². The average molecular weight is 441 g/mol. The molecule has 0 fully saturated rings. The number of carboxylic acid groups (broad SMARTS) is 1. The third-order valence-corrected chi connectivity index (χ3v) is 5.31. The van der Waals surface area contributed by atoms with Crippen LogP contribution < -0.4 is 5.32 Å². The van der Waals surface area contributed by atoms with Gasteiger partial charge in [0.25, 0.3) is 0 Å². The highest BCUT2D eigenvalue weighted by Crippen LogP contribution is 2.44. The summed E-state index contributed by atoms with van der Waals surface area (Å²) in [6.07, 6.45) is -1.20. The third-order valence-electron chi connectivity index (χ3n) is 5.04. The third kappa shape index (κ3) is 4.86. The van der Waals surface area contributed by atoms with Crippen LogP contribution in [0.4, 0.5) is 9.18 Å². The molecule has 0 aliphatic rings. The Kier molecular flexibility index (Phi) is 6.32. The van der Waals surface area contributed by atoms with Crippen molar-refractivity contribution in [1.29, 1.82) is 5.26 Å². The van der Waals surface area contributed by atoms with Crippen LogP contribution in [0.3, 0.4) is 0 Å². The van der Waals surface area contributed by atoms with Crippen molar-refractivity contribution >= 4 is 17.7 Å². The summed E-state index contributed by atoms with van der Waals surface area (Å²) in [5.41, 5.74) is 1.17. The Balaban J connectivity index is 2.12. The van der Waals surface area contributed by atoms with Gasteiger partial charge in [-0.2, -0.15) is 5.26 Å². The lowest BCUT2D eigenvalue weighted by Gasteiger charge is -2.36. The van der Waals surface area contributed by atoms with Crippen LogP contribution in [0.2, 0.25) is 5.15 Å². The summed E-state index contributed by atoms with van der Waals surface area (Å²) in [6.45, 7) is 6.05. The summed E-state index contributed by atoms with van der Waals surface area (Å²) >= 11 is 6.37. The molecule has 1 aromatic heterocycles. The number of halogens is 2. The Morgan fingerprint density at radius 1 is 1.26 bits per heavy atom. The van der Waals surface area contributed by atoms with E-state index in [9.17, 15) is 14.3 Å². The number of rotatable bonds is 5. The van der Waals surface area contributed by atoms with E-state index in [1.54, 1.807) is 12.1 Å². The number of amides is 1. The van der Waals surface area contributed by atoms with Crippen LogP contribution >= 0.6 is 11.6 Å². The highest BCUT2D eigenvalue weighted by molar-refractivity contribution is 6.31. The largest absolute Gasteiger partial charge is 0.465 e. The molecule has 1 unspecified atom stereocenters. The Morgan fingerprint density at radius 3 is 2.48 bits per heavy atom. The summed E-state index contributed by atoms with van der Waals surface area (Å²) in [4.78, 5) is 19.1. The van der Waals surface area contributed by atoms with Crippen molar-refractivity contribution in [3.63, 3.8) is 0 Å². The van der Waals surface area contributed by atoms with E-state index in [2.05, 4.69) is 15.3 Å². The minimum absolute atomic E-state index is 0.0853. The van der Waals surface area contributed by atoms with Crippen LogP contribution in [-0.4, -0.2) is 21.2 Å². The SMILES string of the molecule is CC(C)(C)[C@@H](c1ccccc1)C(NC(=O)O)c1nc(-c2ccc(C#N)c(F)c2)c(Cl)[nH]1. The lowest BCUT2D eigenvalue weighted by Crippen LogP contribution is -2.37. The number of hydrogen-bond acceptors (Lipinski definition) is 3. The number of imidazole rings is 1. The van der Waals surface area contributed by atoms with E-state index in [4.69, 9.17) is 16.9 Å². The summed E-state index contributed by atoms with van der Waals surface area (Å²) in [6, 6.07) is 14.7. The van der Waals surface area contributed by atoms with Gasteiger partial charge < -0.3 is 15.4 Å². The monoisotopic (exact) mass is 440 g/mol. The van der Waals surface area contributed by atoms with Crippen LogP contribution in [0.25, 0.3) is 11.3 Å². The molecule has 0 saturated heterocycles. The molecule has 1 heterocycles. The van der Waals surface area contributed by atoms with Gasteiger partial charge in [0, 0.05) is 11.5 Å². The van der Waals surface area contributed by atoms with E-state index < -0.39 is 18.0 Å². The normalized spacial score (nSPS) is 13.3. The first-order valence-corrected chi connectivity index (χ1v) is 9.99. The predicted octanol–water partition coefficient (Wildman–Crippen LogP) is 5.88. The van der Waals surface area contributed by atoms with Gasteiger partial charge in [-0.1, -0.05) is 68.8 Å². The molecule has 0 saturated carbocycles. The summed E-state index contributed by atoms with van der Waals surface area (Å²) in [7, 11) is 0. The fraction of sp³-hybridized carbons (Fsp3) is 0.261. The highest BCUT2D eigenvalue weighted by Gasteiger charge is 2.37. The molecular weight excluding hydrogens is 419 g/mol. The van der Waals surface area contributed by atoms with Gasteiger partial charge in [0.15, 0.2) is 0 Å². The van der Waals surface area contributed by atoms with Gasteiger partial charge in [-0.3, -0.25) is 0 Å². The summed E-state index contributed by atoms with van der Waals surface area (Å²) < 4.78 is 14.1. The van der Waals surface area contributed by atoms with Crippen molar-refractivity contribution in [2.45, 2.75) is 32.7 Å². The van der Waals surface area contributed by atoms with Gasteiger partial charge in [-0.05, 0) is 23.1 Å². The van der Waals surface area contributed by atoms with Gasteiger partial charge in [-0.25, -0.2) is 14.2 Å². The standard InChI is InChI=1S/C23H22ClFN4O2/c1-23(2,3)17(13-7-5-4-6-8-13)19(28-22(30)31)21-27-18(20(24)29-21)14-9-10-15(12-26)16(25)11-14/h4-11,17,19,28H,1-3H3,(H,27,29)(H,30,31)/t17-,19?/m0/s1. The number of H-pyrrole nitrogens is 1. The number of aromatic amines is 1. The zero-order valence-corrected chi connectivity index (χ0v) is 18.0. The predicted molar refractivity (Wildman–Crippen MR) is 116 cm³/mol. The minimum atomic E-state index is -1.20. The fourth-order valence-electron chi connectivity index (χ4n) is 3.76. The quantitative estimate of drug-likeness (QED) is 0.461. The number of hydrogen-bond donors (Lipinski definition) is 3. The second kappa shape index (κ2) is 8.78. The molecule has 0 radical (unpaired) electrons. The maximum atomic E-state index is 14.1. The van der Waals surface area contributed by atoms with Gasteiger partial charge in [0.2, 0.25) is 0 Å². The first-order chi connectivity index (χ1) is 14.6. The Hall–Kier alpha value is -3.37. The van der Waals surface area contributed by atoms with Crippen molar-refractivity contribution in [2.24, 2.45) is 5.41 Å². The molecule has 0 spiro atoms. The van der Waals surface area contributed by atoms with Crippen molar-refractivity contribution in [1.82, 2.24) is 15.3 Å². The van der Waals surface area contributed by atoms with Crippen LogP contribution in [0.5, 0.6) is 0 Å². The minimum Gasteiger partial charge on any atom is -0.465 e. The molecule has 1 amide bonds. The van der Waals surface area contributed by atoms with Crippen molar-refractivity contribution < 1.29 is 14.3 Å². The molecule has 31 heavy (non-hydrogen) atoms. The van der Waals surface area contributed by atoms with Crippen molar-refractivity contribution in [3.8, 4) is 17.3 Å². The first kappa shape index (κ1) is 22.3. The number of nitrogens with zero attached hydrogens (tertiary/aromatic N) is 2. The Labute approximate surface area is 184 Å². The molecule has 8 heteroatoms. The summed E-state index contributed by atoms with van der Waals surface area (Å²) in [5, 5.41) is 21.2. The number of carbonyl (C=O) groups is 1. The zero-order chi connectivity index (χ0) is 22.8. The van der Waals surface area contributed by atoms with Crippen LogP contribution in [0.1, 0.15) is 49.7 Å². The topological polar surface area (TPSA) is 102 Å². The second-order valence-electron chi connectivity index (χ2n) is 8.27. The molecule has 2 aromatic carbocycles. The van der Waals surface area contributed by atoms with E-state index in [1.165, 1.54) is 12.1 Å². The number of benzene rings is 2. The van der Waals surface area contributed by atoms with Crippen LogP contribution in [-0.2, 0) is 0 Å². The molecule has 3 rings (SSSR count). The number of nitrogens with one attached hydrogen (secondary N) is 2. The van der Waals surface area contributed by atoms with E-state index >= 15 is 0 Å². The van der Waals surface area contributed by atoms with E-state index in [0.29, 0.717) is 11.4 Å². The molecule has 0 aliphatic heterocycles. The van der Waals surface area contributed by atoms with Gasteiger partial charge in [0.05, 0.1) is 11.6 Å². The Morgan fingerprint density at radius 2 is 1.94 bits per heavy atom. The highest BCUT2D eigenvalue weighted by atomic mass is 35.5. The molecule has 3 aromatic rings. The molecule has 160 valence electrons. The first-order valence-electron chi connectivity index (χ1n) is 9.61. The second-order valence-corrected chi connectivity index (χ2v) is 8.65. The Bertz CT molecular complexity index is 1130. The van der Waals surface area contributed by atoms with Crippen LogP contribution in [0.15, 0.2) is 48.5 Å². The maximum Gasteiger partial charge on any atom is 0.405 e. The maximum absolute atomic E-state index is 14.1.